The number of hydrogen-bond acceptors (Lipinski definition) is 5. The molecule has 3 rings (SSSR count). The number of aromatic nitrogens is 2. The Morgan fingerprint density at radius 1 is 1.30 bits per heavy atom. The number of aliphatic carboxylic acids is 1. The molecule has 0 saturated heterocycles. The highest BCUT2D eigenvalue weighted by Gasteiger charge is 2.16. The van der Waals surface area contributed by atoms with Gasteiger partial charge in [-0.1, -0.05) is 11.6 Å². The number of methoxy groups -OCH3 is 2. The van der Waals surface area contributed by atoms with Crippen LogP contribution in [0.25, 0.3) is 16.2 Å². The lowest BCUT2D eigenvalue weighted by atomic mass is 10.1. The number of fused-ring (bicyclic) bond motifs is 1. The molecule has 120 valence electrons. The lowest BCUT2D eigenvalue weighted by Gasteiger charge is -2.10. The van der Waals surface area contributed by atoms with E-state index in [2.05, 4.69) is 4.98 Å². The summed E-state index contributed by atoms with van der Waals surface area (Å²) in [6.07, 6.45) is 3.57. The van der Waals surface area contributed by atoms with Crippen molar-refractivity contribution >= 4 is 33.9 Å². The number of halogens is 1. The molecule has 0 bridgehead atoms. The van der Waals surface area contributed by atoms with Crippen molar-refractivity contribution in [2.45, 2.75) is 6.42 Å². The Morgan fingerprint density at radius 2 is 2.04 bits per heavy atom. The molecule has 0 aliphatic heterocycles. The predicted molar refractivity (Wildman–Crippen MR) is 88.0 cm³/mol. The Morgan fingerprint density at radius 3 is 2.65 bits per heavy atom. The number of carbonyl (C=O) groups is 1. The van der Waals surface area contributed by atoms with E-state index in [0.717, 1.165) is 10.4 Å². The molecule has 0 spiro atoms. The van der Waals surface area contributed by atoms with Crippen LogP contribution in [0.1, 0.15) is 4.88 Å². The monoisotopic (exact) mass is 352 g/mol. The van der Waals surface area contributed by atoms with E-state index in [-0.39, 0.29) is 6.42 Å². The Bertz CT molecular complexity index is 856. The average molecular weight is 353 g/mol. The fourth-order valence-corrected chi connectivity index (χ4v) is 3.46. The Labute approximate surface area is 140 Å². The summed E-state index contributed by atoms with van der Waals surface area (Å²) in [7, 11) is 3.10. The van der Waals surface area contributed by atoms with Crippen molar-refractivity contribution in [2.24, 2.45) is 0 Å². The molecular formula is C15H13ClN2O4S. The van der Waals surface area contributed by atoms with Crippen molar-refractivity contribution in [1.29, 1.82) is 0 Å². The van der Waals surface area contributed by atoms with Crippen LogP contribution in [0.3, 0.4) is 0 Å². The van der Waals surface area contributed by atoms with Gasteiger partial charge < -0.3 is 14.6 Å². The summed E-state index contributed by atoms with van der Waals surface area (Å²) in [5, 5.41) is 9.31. The molecule has 0 amide bonds. The molecule has 2 aromatic heterocycles. The second-order valence-corrected chi connectivity index (χ2v) is 6.27. The number of carboxylic acids is 1. The summed E-state index contributed by atoms with van der Waals surface area (Å²) >= 11 is 7.52. The molecule has 8 heteroatoms. The van der Waals surface area contributed by atoms with Gasteiger partial charge in [0.05, 0.1) is 31.4 Å². The summed E-state index contributed by atoms with van der Waals surface area (Å²) in [5.41, 5.74) is 1.44. The van der Waals surface area contributed by atoms with E-state index in [1.165, 1.54) is 18.4 Å². The van der Waals surface area contributed by atoms with Crippen LogP contribution in [0, 0.1) is 0 Å². The predicted octanol–water partition coefficient (Wildman–Crippen LogP) is 3.36. The molecule has 0 atom stereocenters. The molecule has 6 nitrogen and oxygen atoms in total. The maximum Gasteiger partial charge on any atom is 0.308 e. The van der Waals surface area contributed by atoms with Crippen LogP contribution in [-0.2, 0) is 11.2 Å². The highest BCUT2D eigenvalue weighted by atomic mass is 35.5. The zero-order valence-electron chi connectivity index (χ0n) is 12.4. The van der Waals surface area contributed by atoms with E-state index < -0.39 is 5.97 Å². The van der Waals surface area contributed by atoms with Gasteiger partial charge in [0, 0.05) is 28.9 Å². The maximum absolute atomic E-state index is 10.8. The molecule has 0 aliphatic rings. The summed E-state index contributed by atoms with van der Waals surface area (Å²) in [6.45, 7) is 0. The van der Waals surface area contributed by atoms with Crippen LogP contribution < -0.4 is 9.47 Å². The van der Waals surface area contributed by atoms with Gasteiger partial charge in [-0.2, -0.15) is 0 Å². The van der Waals surface area contributed by atoms with Crippen LogP contribution in [0.15, 0.2) is 24.5 Å². The molecule has 0 saturated carbocycles. The van der Waals surface area contributed by atoms with Crippen LogP contribution in [0.4, 0.5) is 0 Å². The van der Waals surface area contributed by atoms with Crippen LogP contribution in [0.2, 0.25) is 5.02 Å². The zero-order valence-corrected chi connectivity index (χ0v) is 13.9. The zero-order chi connectivity index (χ0) is 16.6. The number of thiazole rings is 1. The highest BCUT2D eigenvalue weighted by Crippen LogP contribution is 2.38. The lowest BCUT2D eigenvalue weighted by Crippen LogP contribution is -1.97. The van der Waals surface area contributed by atoms with Crippen molar-refractivity contribution in [3.8, 4) is 22.8 Å². The molecule has 2 heterocycles. The molecule has 0 fully saturated rings. The topological polar surface area (TPSA) is 73.1 Å². The number of imidazole rings is 1. The third-order valence-corrected chi connectivity index (χ3v) is 4.57. The number of benzene rings is 1. The first-order chi connectivity index (χ1) is 11.0. The first kappa shape index (κ1) is 15.6. The SMILES string of the molecule is COc1cc(OC)c(-c2cn3cc(CC(=O)O)sc3n2)cc1Cl. The van der Waals surface area contributed by atoms with Gasteiger partial charge in [-0.05, 0) is 6.07 Å². The van der Waals surface area contributed by atoms with Gasteiger partial charge in [0.1, 0.15) is 11.5 Å². The fraction of sp³-hybridized carbons (Fsp3) is 0.200. The van der Waals surface area contributed by atoms with Crippen molar-refractivity contribution in [3.05, 3.63) is 34.4 Å². The molecule has 23 heavy (non-hydrogen) atoms. The van der Waals surface area contributed by atoms with Gasteiger partial charge >= 0.3 is 5.97 Å². The van der Waals surface area contributed by atoms with E-state index in [9.17, 15) is 4.79 Å². The smallest absolute Gasteiger partial charge is 0.308 e. The standard InChI is InChI=1S/C15H13ClN2O4S/c1-21-12-5-13(22-2)10(16)4-9(12)11-7-18-6-8(3-14(19)20)23-15(18)17-11/h4-7H,3H2,1-2H3,(H,19,20). The highest BCUT2D eigenvalue weighted by molar-refractivity contribution is 7.17. The fourth-order valence-electron chi connectivity index (χ4n) is 2.26. The summed E-state index contributed by atoms with van der Waals surface area (Å²) in [5.74, 6) is 0.262. The average Bonchev–Trinajstić information content (AvgIpc) is 3.04. The van der Waals surface area contributed by atoms with E-state index in [4.69, 9.17) is 26.2 Å². The third-order valence-electron chi connectivity index (χ3n) is 3.28. The van der Waals surface area contributed by atoms with Gasteiger partial charge in [0.15, 0.2) is 4.96 Å². The van der Waals surface area contributed by atoms with Gasteiger partial charge in [-0.25, -0.2) is 4.98 Å². The number of rotatable bonds is 5. The first-order valence-electron chi connectivity index (χ1n) is 6.63. The van der Waals surface area contributed by atoms with E-state index in [1.54, 1.807) is 29.8 Å². The number of ether oxygens (including phenoxy) is 2. The Balaban J connectivity index is 2.04. The molecular weight excluding hydrogens is 340 g/mol. The molecule has 0 aliphatic carbocycles. The van der Waals surface area contributed by atoms with Crippen LogP contribution in [0.5, 0.6) is 11.5 Å². The Kier molecular flexibility index (Phi) is 4.14. The van der Waals surface area contributed by atoms with E-state index in [0.29, 0.717) is 27.2 Å². The molecule has 0 radical (unpaired) electrons. The molecule has 3 aromatic rings. The summed E-state index contributed by atoms with van der Waals surface area (Å²) < 4.78 is 12.4. The first-order valence-corrected chi connectivity index (χ1v) is 7.82. The summed E-state index contributed by atoms with van der Waals surface area (Å²) in [4.78, 5) is 16.8. The van der Waals surface area contributed by atoms with Crippen molar-refractivity contribution in [3.63, 3.8) is 0 Å². The quantitative estimate of drug-likeness (QED) is 0.762. The van der Waals surface area contributed by atoms with Crippen LogP contribution >= 0.6 is 22.9 Å². The van der Waals surface area contributed by atoms with Gasteiger partial charge in [-0.15, -0.1) is 11.3 Å². The van der Waals surface area contributed by atoms with Crippen LogP contribution in [-0.4, -0.2) is 34.7 Å². The molecule has 1 N–H and O–H groups in total. The van der Waals surface area contributed by atoms with E-state index in [1.807, 2.05) is 6.20 Å². The largest absolute Gasteiger partial charge is 0.496 e. The number of hydrogen-bond donors (Lipinski definition) is 1. The minimum absolute atomic E-state index is 0.0129. The Hall–Kier alpha value is -2.25. The number of nitrogens with zero attached hydrogens (tertiary/aromatic N) is 2. The second-order valence-electron chi connectivity index (χ2n) is 4.77. The minimum Gasteiger partial charge on any atom is -0.496 e. The molecule has 1 aromatic carbocycles. The summed E-state index contributed by atoms with van der Waals surface area (Å²) in [6, 6.07) is 3.45. The number of carboxylic acid groups (broad SMARTS) is 1. The minimum atomic E-state index is -0.863. The van der Waals surface area contributed by atoms with Gasteiger partial charge in [0.2, 0.25) is 0 Å². The van der Waals surface area contributed by atoms with Gasteiger partial charge in [-0.3, -0.25) is 9.20 Å². The van der Waals surface area contributed by atoms with Crippen molar-refractivity contribution < 1.29 is 19.4 Å². The van der Waals surface area contributed by atoms with Crippen molar-refractivity contribution in [1.82, 2.24) is 9.38 Å². The lowest BCUT2D eigenvalue weighted by molar-refractivity contribution is -0.136. The normalized spacial score (nSPS) is 10.9. The molecule has 0 unspecified atom stereocenters. The third kappa shape index (κ3) is 2.97. The second kappa shape index (κ2) is 6.10. The maximum atomic E-state index is 10.8. The van der Waals surface area contributed by atoms with Crippen molar-refractivity contribution in [2.75, 3.05) is 14.2 Å². The van der Waals surface area contributed by atoms with Gasteiger partial charge in [0.25, 0.3) is 0 Å². The van der Waals surface area contributed by atoms with E-state index >= 15 is 0 Å².